The number of para-hydroxylation sites is 1. The van der Waals surface area contributed by atoms with Crippen LogP contribution in [0.3, 0.4) is 0 Å². The van der Waals surface area contributed by atoms with E-state index in [0.29, 0.717) is 0 Å². The Kier molecular flexibility index (Phi) is 8.42. The maximum Gasteiger partial charge on any atom is 0.105 e. The van der Waals surface area contributed by atoms with Crippen LogP contribution in [0.15, 0.2) is 222 Å². The molecule has 1 aromatic heterocycles. The van der Waals surface area contributed by atoms with E-state index in [1.165, 1.54) is 0 Å². The van der Waals surface area contributed by atoms with Gasteiger partial charge in [0.05, 0.1) is 22.1 Å². The lowest BCUT2D eigenvalue weighted by molar-refractivity contribution is 0.879. The third-order valence-corrected chi connectivity index (χ3v) is 12.1. The van der Waals surface area contributed by atoms with Crippen molar-refractivity contribution >= 4 is 11.4 Å². The lowest BCUT2D eigenvalue weighted by Gasteiger charge is -2.22. The molecule has 0 amide bonds. The SMILES string of the molecule is c1ccc(-c2ccccc2-c2ccccc2-c2c(-c3nnnc(-c4ccccc4-c4ccccc4)c3-c3ccccc3)ccc3c2-c2c4c(ccc2=N3)=c2ccccc2=N4)cc1. The van der Waals surface area contributed by atoms with Gasteiger partial charge in [-0.15, -0.1) is 10.2 Å². The molecule has 2 aliphatic heterocycles. The van der Waals surface area contributed by atoms with Crippen molar-refractivity contribution in [3.63, 3.8) is 0 Å². The Labute approximate surface area is 358 Å². The zero-order valence-electron chi connectivity index (χ0n) is 33.4. The van der Waals surface area contributed by atoms with Gasteiger partial charge in [0.15, 0.2) is 0 Å². The van der Waals surface area contributed by atoms with Crippen LogP contribution in [0.2, 0.25) is 0 Å². The van der Waals surface area contributed by atoms with Gasteiger partial charge in [-0.3, -0.25) is 0 Å². The standard InChI is InChI=1S/C57H35N5/c1-4-18-36(19-5-1)39-24-10-12-26-41(39)42-27-13-14-29-44(42)52-47(33-35-49-53(52)54-50(58-49)34-32-46-43-28-16-17-31-48(43)59-55(46)54)57-51(38-22-8-3-9-23-38)56(60-62-61-57)45-30-15-11-25-40(45)37-20-6-2-7-21-37/h1-35H. The highest BCUT2D eigenvalue weighted by Crippen LogP contribution is 2.53. The predicted octanol–water partition coefficient (Wildman–Crippen LogP) is 13.0. The molecule has 0 atom stereocenters. The number of hydrogen-bond acceptors (Lipinski definition) is 5. The Morgan fingerprint density at radius 3 is 1.45 bits per heavy atom. The molecule has 5 nitrogen and oxygen atoms in total. The van der Waals surface area contributed by atoms with Crippen molar-refractivity contribution in [1.29, 1.82) is 0 Å². The van der Waals surface area contributed by atoms with E-state index < -0.39 is 0 Å². The van der Waals surface area contributed by atoms with Gasteiger partial charge in [-0.05, 0) is 80.1 Å². The quantitative estimate of drug-likeness (QED) is 0.162. The summed E-state index contributed by atoms with van der Waals surface area (Å²) in [5, 5.41) is 18.6. The van der Waals surface area contributed by atoms with Crippen molar-refractivity contribution in [1.82, 2.24) is 15.4 Å². The van der Waals surface area contributed by atoms with Gasteiger partial charge in [-0.25, -0.2) is 9.98 Å². The van der Waals surface area contributed by atoms with Crippen LogP contribution in [0, 0.1) is 10.4 Å². The van der Waals surface area contributed by atoms with Gasteiger partial charge in [0.1, 0.15) is 11.4 Å². The van der Waals surface area contributed by atoms with E-state index in [2.05, 4.69) is 205 Å². The first-order valence-electron chi connectivity index (χ1n) is 20.9. The van der Waals surface area contributed by atoms with Crippen molar-refractivity contribution in [3.8, 4) is 89.3 Å². The number of fused-ring (bicyclic) bond motifs is 6. The Morgan fingerprint density at radius 2 is 0.774 bits per heavy atom. The first-order chi connectivity index (χ1) is 30.8. The van der Waals surface area contributed by atoms with E-state index in [1.54, 1.807) is 0 Å². The molecule has 288 valence electrons. The number of rotatable bonds is 7. The van der Waals surface area contributed by atoms with Crippen LogP contribution in [0.1, 0.15) is 0 Å². The van der Waals surface area contributed by atoms with Gasteiger partial charge >= 0.3 is 0 Å². The first kappa shape index (κ1) is 35.5. The Hall–Kier alpha value is -8.41. The predicted molar refractivity (Wildman–Crippen MR) is 249 cm³/mol. The minimum atomic E-state index is 0.731. The summed E-state index contributed by atoms with van der Waals surface area (Å²) < 4.78 is 0. The first-order valence-corrected chi connectivity index (χ1v) is 20.9. The fraction of sp³-hybridized carbons (Fsp3) is 0. The number of nitrogens with zero attached hydrogens (tertiary/aromatic N) is 5. The van der Waals surface area contributed by atoms with Gasteiger partial charge in [-0.1, -0.05) is 182 Å². The van der Waals surface area contributed by atoms with Crippen molar-refractivity contribution in [2.24, 2.45) is 9.98 Å². The molecule has 0 saturated carbocycles. The van der Waals surface area contributed by atoms with E-state index in [-0.39, 0.29) is 0 Å². The van der Waals surface area contributed by atoms with Crippen molar-refractivity contribution in [2.75, 3.05) is 0 Å². The van der Waals surface area contributed by atoms with E-state index in [0.717, 1.165) is 122 Å². The van der Waals surface area contributed by atoms with Gasteiger partial charge in [0, 0.05) is 43.8 Å². The van der Waals surface area contributed by atoms with E-state index >= 15 is 0 Å². The largest absolute Gasteiger partial charge is 0.248 e. The summed E-state index contributed by atoms with van der Waals surface area (Å²) >= 11 is 0. The topological polar surface area (TPSA) is 63.4 Å². The fourth-order valence-electron chi connectivity index (χ4n) is 9.38. The summed E-state index contributed by atoms with van der Waals surface area (Å²) in [6, 6.07) is 74.4. The number of aromatic nitrogens is 3. The molecule has 62 heavy (non-hydrogen) atoms. The maximum absolute atomic E-state index is 5.33. The van der Waals surface area contributed by atoms with Gasteiger partial charge in [-0.2, -0.15) is 0 Å². The molecule has 10 aromatic rings. The van der Waals surface area contributed by atoms with Crippen LogP contribution in [0.25, 0.3) is 89.3 Å². The smallest absolute Gasteiger partial charge is 0.105 e. The Bertz CT molecular complexity index is 3620. The second-order valence-electron chi connectivity index (χ2n) is 15.6. The van der Waals surface area contributed by atoms with Crippen molar-refractivity contribution in [2.45, 2.75) is 0 Å². The minimum Gasteiger partial charge on any atom is -0.248 e. The third-order valence-electron chi connectivity index (χ3n) is 12.1. The maximum atomic E-state index is 5.33. The van der Waals surface area contributed by atoms with Gasteiger partial charge < -0.3 is 0 Å². The monoisotopic (exact) mass is 789 g/mol. The summed E-state index contributed by atoms with van der Waals surface area (Å²) in [6.07, 6.45) is 0. The molecule has 5 heteroatoms. The van der Waals surface area contributed by atoms with Crippen molar-refractivity contribution in [3.05, 3.63) is 233 Å². The average Bonchev–Trinajstić information content (AvgIpc) is 3.93. The molecule has 0 aliphatic carbocycles. The lowest BCUT2D eigenvalue weighted by Crippen LogP contribution is -2.04. The van der Waals surface area contributed by atoms with E-state index in [4.69, 9.17) is 20.2 Å². The summed E-state index contributed by atoms with van der Waals surface area (Å²) in [5.41, 5.74) is 17.9. The number of benzene rings is 9. The second kappa shape index (κ2) is 14.7. The van der Waals surface area contributed by atoms with Crippen LogP contribution in [-0.4, -0.2) is 15.4 Å². The molecule has 0 fully saturated rings. The molecular formula is C57H35N5. The molecule has 0 N–H and O–H groups in total. The average molecular weight is 790 g/mol. The summed E-state index contributed by atoms with van der Waals surface area (Å²) in [6.45, 7) is 0. The molecule has 0 bridgehead atoms. The van der Waals surface area contributed by atoms with Crippen molar-refractivity contribution < 1.29 is 0 Å². The summed E-state index contributed by atoms with van der Waals surface area (Å²) in [7, 11) is 0. The highest BCUT2D eigenvalue weighted by Gasteiger charge is 2.30. The van der Waals surface area contributed by atoms with Crippen LogP contribution < -0.4 is 10.7 Å². The highest BCUT2D eigenvalue weighted by atomic mass is 15.3. The van der Waals surface area contributed by atoms with Crippen LogP contribution in [0.5, 0.6) is 0 Å². The Balaban J connectivity index is 1.20. The molecular weight excluding hydrogens is 755 g/mol. The lowest BCUT2D eigenvalue weighted by atomic mass is 9.82. The normalized spacial score (nSPS) is 11.8. The summed E-state index contributed by atoms with van der Waals surface area (Å²) in [5.74, 6) is 0. The zero-order chi connectivity index (χ0) is 41.0. The summed E-state index contributed by atoms with van der Waals surface area (Å²) in [4.78, 5) is 10.6. The fourth-order valence-corrected chi connectivity index (χ4v) is 9.38. The highest BCUT2D eigenvalue weighted by molar-refractivity contribution is 6.09. The number of hydrogen-bond donors (Lipinski definition) is 0. The molecule has 0 spiro atoms. The van der Waals surface area contributed by atoms with Crippen LogP contribution in [0.4, 0.5) is 11.4 Å². The molecule has 2 aliphatic rings. The van der Waals surface area contributed by atoms with E-state index in [1.807, 2.05) is 12.1 Å². The van der Waals surface area contributed by atoms with E-state index in [9.17, 15) is 0 Å². The molecule has 12 rings (SSSR count). The third kappa shape index (κ3) is 5.75. The zero-order valence-corrected chi connectivity index (χ0v) is 33.4. The second-order valence-corrected chi connectivity index (χ2v) is 15.6. The molecule has 0 saturated heterocycles. The van der Waals surface area contributed by atoms with Gasteiger partial charge in [0.25, 0.3) is 0 Å². The molecule has 0 unspecified atom stereocenters. The van der Waals surface area contributed by atoms with Crippen LogP contribution in [-0.2, 0) is 0 Å². The Morgan fingerprint density at radius 1 is 0.258 bits per heavy atom. The van der Waals surface area contributed by atoms with Gasteiger partial charge in [0.2, 0.25) is 0 Å². The molecule has 0 radical (unpaired) electrons. The minimum absolute atomic E-state index is 0.731. The molecule has 9 aromatic carbocycles. The van der Waals surface area contributed by atoms with Crippen LogP contribution >= 0.6 is 0 Å². The molecule has 3 heterocycles.